The summed E-state index contributed by atoms with van der Waals surface area (Å²) < 4.78 is 0. The third-order valence-corrected chi connectivity index (χ3v) is 4.50. The Bertz CT molecular complexity index is 669. The van der Waals surface area contributed by atoms with Gasteiger partial charge in [0.15, 0.2) is 0 Å². The van der Waals surface area contributed by atoms with E-state index in [1.165, 1.54) is 6.21 Å². The van der Waals surface area contributed by atoms with Gasteiger partial charge >= 0.3 is 7.12 Å². The van der Waals surface area contributed by atoms with Gasteiger partial charge in [0.1, 0.15) is 12.3 Å². The Morgan fingerprint density at radius 3 is 2.54 bits per heavy atom. The molecule has 0 saturated carbocycles. The van der Waals surface area contributed by atoms with E-state index in [2.05, 4.69) is 20.6 Å². The largest absolute Gasteiger partial charge is 0.469 e. The minimum Gasteiger partial charge on any atom is -0.426 e. The number of aliphatic hydroxyl groups is 1. The first-order valence-corrected chi connectivity index (χ1v) is 9.53. The number of aliphatic hydroxyl groups excluding tert-OH is 1. The molecule has 1 aliphatic rings. The molecule has 0 radical (unpaired) electrons. The summed E-state index contributed by atoms with van der Waals surface area (Å²) in [4.78, 5) is 20.7. The number of hydrogen-bond acceptors (Lipinski definition) is 7. The normalized spacial score (nSPS) is 19.3. The average Bonchev–Trinajstić information content (AvgIpc) is 2.68. The topological polar surface area (TPSA) is 127 Å². The van der Waals surface area contributed by atoms with Crippen LogP contribution in [-0.2, 0) is 11.2 Å². The number of benzene rings is 1. The van der Waals surface area contributed by atoms with Crippen LogP contribution in [0.2, 0.25) is 0 Å². The summed E-state index contributed by atoms with van der Waals surface area (Å²) in [5.41, 5.74) is 0.934. The zero-order chi connectivity index (χ0) is 20.5. The molecule has 5 N–H and O–H groups in total. The van der Waals surface area contributed by atoms with E-state index >= 15 is 0 Å². The zero-order valence-corrected chi connectivity index (χ0v) is 16.3. The van der Waals surface area contributed by atoms with Crippen molar-refractivity contribution in [2.45, 2.75) is 50.9 Å². The molecule has 8 nitrogen and oxygen atoms in total. The van der Waals surface area contributed by atoms with Crippen LogP contribution in [0.5, 0.6) is 0 Å². The van der Waals surface area contributed by atoms with E-state index in [1.54, 1.807) is 6.21 Å². The first-order chi connectivity index (χ1) is 13.4. The average molecular weight is 388 g/mol. The molecule has 0 bridgehead atoms. The van der Waals surface area contributed by atoms with Gasteiger partial charge in [0.25, 0.3) is 0 Å². The van der Waals surface area contributed by atoms with Gasteiger partial charge in [-0.2, -0.15) is 0 Å². The lowest BCUT2D eigenvalue weighted by atomic mass is 9.75. The molecule has 0 aromatic heterocycles. The third-order valence-electron chi connectivity index (χ3n) is 4.50. The maximum Gasteiger partial charge on any atom is 0.469 e. The van der Waals surface area contributed by atoms with Crippen molar-refractivity contribution in [2.24, 2.45) is 15.9 Å². The van der Waals surface area contributed by atoms with Gasteiger partial charge < -0.3 is 20.5 Å². The van der Waals surface area contributed by atoms with E-state index in [1.807, 2.05) is 44.2 Å². The molecule has 0 fully saturated rings. The van der Waals surface area contributed by atoms with Crippen LogP contribution < -0.4 is 10.6 Å². The van der Waals surface area contributed by atoms with Gasteiger partial charge in [0, 0.05) is 18.4 Å². The quantitative estimate of drug-likeness (QED) is 0.275. The molecule has 0 spiro atoms. The number of nitrogens with one attached hydrogen (secondary N) is 2. The number of carbonyl (C=O) groups is 1. The van der Waals surface area contributed by atoms with Crippen molar-refractivity contribution in [3.63, 3.8) is 0 Å². The maximum absolute atomic E-state index is 12.6. The Morgan fingerprint density at radius 1 is 1.25 bits per heavy atom. The second-order valence-corrected chi connectivity index (χ2v) is 7.39. The molecule has 2 rings (SSSR count). The van der Waals surface area contributed by atoms with Gasteiger partial charge in [0.05, 0.1) is 12.6 Å². The first kappa shape index (κ1) is 22.2. The first-order valence-electron chi connectivity index (χ1n) is 9.53. The van der Waals surface area contributed by atoms with Crippen molar-refractivity contribution in [3.8, 4) is 0 Å². The van der Waals surface area contributed by atoms with Crippen LogP contribution in [0.4, 0.5) is 0 Å². The summed E-state index contributed by atoms with van der Waals surface area (Å²) >= 11 is 0. The number of carbonyl (C=O) groups excluding carboxylic acids is 1. The summed E-state index contributed by atoms with van der Waals surface area (Å²) in [5, 5.41) is 35.7. The van der Waals surface area contributed by atoms with Crippen molar-refractivity contribution >= 4 is 25.5 Å². The second-order valence-electron chi connectivity index (χ2n) is 7.39. The number of nitrogens with zero attached hydrogens (tertiary/aromatic N) is 2. The highest BCUT2D eigenvalue weighted by molar-refractivity contribution is 6.43. The Morgan fingerprint density at radius 2 is 1.96 bits per heavy atom. The molecule has 1 heterocycles. The van der Waals surface area contributed by atoms with Gasteiger partial charge in [-0.25, -0.2) is 0 Å². The summed E-state index contributed by atoms with van der Waals surface area (Å²) in [7, 11) is -1.62. The summed E-state index contributed by atoms with van der Waals surface area (Å²) in [6.07, 6.45) is 2.68. The molecule has 9 heteroatoms. The number of rotatable bonds is 10. The lowest BCUT2D eigenvalue weighted by molar-refractivity contribution is -0.123. The van der Waals surface area contributed by atoms with Crippen molar-refractivity contribution in [1.82, 2.24) is 10.6 Å². The molecule has 0 aliphatic carbocycles. The molecule has 28 heavy (non-hydrogen) atoms. The maximum atomic E-state index is 12.6. The van der Waals surface area contributed by atoms with E-state index < -0.39 is 31.4 Å². The Labute approximate surface area is 165 Å². The predicted octanol–water partition coefficient (Wildman–Crippen LogP) is -0.428. The molecule has 152 valence electrons. The van der Waals surface area contributed by atoms with E-state index in [9.17, 15) is 19.9 Å². The second kappa shape index (κ2) is 11.1. The van der Waals surface area contributed by atoms with Crippen LogP contribution in [0.25, 0.3) is 0 Å². The molecule has 1 aliphatic heterocycles. The fraction of sp³-hybridized carbons (Fsp3) is 0.526. The SMILES string of the molecule is CC(C)C[C@H](NC(O)[C@H](Cc1ccccc1)NC(=O)C1CN=CC=N1)B(O)O. The fourth-order valence-electron chi connectivity index (χ4n) is 3.06. The Kier molecular flexibility index (Phi) is 8.78. The monoisotopic (exact) mass is 388 g/mol. The predicted molar refractivity (Wildman–Crippen MR) is 110 cm³/mol. The highest BCUT2D eigenvalue weighted by Gasteiger charge is 2.31. The lowest BCUT2D eigenvalue weighted by Crippen LogP contribution is -2.58. The van der Waals surface area contributed by atoms with Gasteiger partial charge in [0.2, 0.25) is 5.91 Å². The van der Waals surface area contributed by atoms with E-state index in [0.717, 1.165) is 5.56 Å². The van der Waals surface area contributed by atoms with Crippen molar-refractivity contribution in [1.29, 1.82) is 0 Å². The molecule has 4 atom stereocenters. The van der Waals surface area contributed by atoms with Gasteiger partial charge in [-0.15, -0.1) is 0 Å². The van der Waals surface area contributed by atoms with Crippen LogP contribution in [-0.4, -0.2) is 71.4 Å². The van der Waals surface area contributed by atoms with E-state index in [4.69, 9.17) is 0 Å². The summed E-state index contributed by atoms with van der Waals surface area (Å²) in [6.45, 7) is 4.16. The van der Waals surface area contributed by atoms with Gasteiger partial charge in [-0.3, -0.25) is 20.1 Å². The minimum absolute atomic E-state index is 0.197. The highest BCUT2D eigenvalue weighted by atomic mass is 16.4. The fourth-order valence-corrected chi connectivity index (χ4v) is 3.06. The lowest BCUT2D eigenvalue weighted by Gasteiger charge is -2.30. The number of aliphatic imine (C=N–C) groups is 2. The number of amides is 1. The van der Waals surface area contributed by atoms with Gasteiger partial charge in [-0.05, 0) is 24.3 Å². The smallest absolute Gasteiger partial charge is 0.426 e. The zero-order valence-electron chi connectivity index (χ0n) is 16.3. The van der Waals surface area contributed by atoms with Crippen molar-refractivity contribution in [3.05, 3.63) is 35.9 Å². The van der Waals surface area contributed by atoms with Gasteiger partial charge in [-0.1, -0.05) is 44.2 Å². The van der Waals surface area contributed by atoms with Crippen LogP contribution >= 0.6 is 0 Å². The molecule has 1 amide bonds. The molecule has 2 unspecified atom stereocenters. The van der Waals surface area contributed by atoms with Crippen LogP contribution in [0.15, 0.2) is 40.3 Å². The molecular formula is C19H29BN4O4. The Hall–Kier alpha value is -2.07. The number of hydrogen-bond donors (Lipinski definition) is 5. The van der Waals surface area contributed by atoms with Crippen LogP contribution in [0, 0.1) is 5.92 Å². The van der Waals surface area contributed by atoms with Crippen LogP contribution in [0.1, 0.15) is 25.8 Å². The summed E-state index contributed by atoms with van der Waals surface area (Å²) in [5.74, 6) is -0.856. The van der Waals surface area contributed by atoms with Crippen LogP contribution in [0.3, 0.4) is 0 Å². The van der Waals surface area contributed by atoms with Crippen molar-refractivity contribution in [2.75, 3.05) is 6.54 Å². The van der Waals surface area contributed by atoms with Crippen molar-refractivity contribution < 1.29 is 19.9 Å². The third kappa shape index (κ3) is 7.16. The standard InChI is InChI=1S/C19H29BN4O4/c1-13(2)10-17(20(27)28)24-18(25)15(11-14-6-4-3-5-7-14)23-19(26)16-12-21-8-9-22-16/h3-9,13,15-18,24-25,27-28H,10-12H2,1-2H3,(H,23,26)/t15-,16?,17-,18?/m0/s1. The molecule has 1 aromatic carbocycles. The molecule has 0 saturated heterocycles. The van der Waals surface area contributed by atoms with E-state index in [-0.39, 0.29) is 18.4 Å². The summed E-state index contributed by atoms with van der Waals surface area (Å²) in [6, 6.07) is 8.15. The van der Waals surface area contributed by atoms with E-state index in [0.29, 0.717) is 12.8 Å². The highest BCUT2D eigenvalue weighted by Crippen LogP contribution is 2.11. The molecule has 1 aromatic rings. The Balaban J connectivity index is 2.10. The minimum atomic E-state index is -1.62. The molecular weight excluding hydrogens is 359 g/mol.